The average Bonchev–Trinajstić information content (AvgIpc) is 4.02. The van der Waals surface area contributed by atoms with Gasteiger partial charge in [-0.15, -0.1) is 0 Å². The summed E-state index contributed by atoms with van der Waals surface area (Å²) in [5, 5.41) is 10.2. The first-order valence-corrected chi connectivity index (χ1v) is 16.2. The Hall–Kier alpha value is -4.68. The number of ether oxygens (including phenoxy) is 1. The number of fused-ring (bicyclic) bond motifs is 2. The molecule has 1 N–H and O–H groups in total. The molecule has 0 radical (unpaired) electrons. The topological polar surface area (TPSA) is 90.9 Å². The summed E-state index contributed by atoms with van der Waals surface area (Å²) >= 11 is 0. The van der Waals surface area contributed by atoms with Crippen LogP contribution in [0.1, 0.15) is 76.6 Å². The van der Waals surface area contributed by atoms with Gasteiger partial charge >= 0.3 is 0 Å². The van der Waals surface area contributed by atoms with Crippen molar-refractivity contribution in [3.8, 4) is 22.8 Å². The highest BCUT2D eigenvalue weighted by Gasteiger charge is 2.31. The molecule has 2 aromatic carbocycles. The van der Waals surface area contributed by atoms with Gasteiger partial charge in [0, 0.05) is 90.5 Å². The van der Waals surface area contributed by atoms with Crippen LogP contribution in [-0.2, 0) is 15.9 Å². The molecule has 0 unspecified atom stereocenters. The third kappa shape index (κ3) is 6.30. The predicted molar refractivity (Wildman–Crippen MR) is 178 cm³/mol. The fourth-order valence-electron chi connectivity index (χ4n) is 5.90. The Morgan fingerprint density at radius 2 is 1.04 bits per heavy atom. The second-order valence-corrected chi connectivity index (χ2v) is 13.8. The lowest BCUT2D eigenvalue weighted by Crippen LogP contribution is -2.19. The summed E-state index contributed by atoms with van der Waals surface area (Å²) in [6, 6.07) is 9.01. The maximum Gasteiger partial charge on any atom is 0.161 e. The van der Waals surface area contributed by atoms with Crippen LogP contribution in [0.5, 0.6) is 0 Å². The normalized spacial score (nSPS) is 15.1. The Morgan fingerprint density at radius 3 is 1.45 bits per heavy atom. The van der Waals surface area contributed by atoms with Gasteiger partial charge in [0.05, 0.1) is 33.3 Å². The Labute approximate surface area is 280 Å². The van der Waals surface area contributed by atoms with E-state index in [0.717, 1.165) is 54.5 Å². The SMILES string of the molecule is CC(C)(O)c1cncc(-c2nc3cc(F)c(F)cc3n2C2CC2)c1.COC(C)(C)c1cncc(-c2nc3cc(F)c(F)cc3n2C2CC2)c1. The summed E-state index contributed by atoms with van der Waals surface area (Å²) < 4.78 is 64.1. The van der Waals surface area contributed by atoms with Crippen LogP contribution < -0.4 is 0 Å². The minimum absolute atomic E-state index is 0.237. The van der Waals surface area contributed by atoms with Crippen molar-refractivity contribution in [2.24, 2.45) is 0 Å². The fraction of sp³-hybridized carbons (Fsp3) is 0.351. The molecule has 4 heterocycles. The maximum absolute atomic E-state index is 13.7. The number of hydrogen-bond donors (Lipinski definition) is 1. The van der Waals surface area contributed by atoms with Crippen molar-refractivity contribution in [1.82, 2.24) is 29.1 Å². The van der Waals surface area contributed by atoms with E-state index in [1.807, 2.05) is 35.1 Å². The Morgan fingerprint density at radius 1 is 0.633 bits per heavy atom. The zero-order valence-corrected chi connectivity index (χ0v) is 27.8. The molecule has 0 aliphatic heterocycles. The number of nitrogens with zero attached hydrogens (tertiary/aromatic N) is 6. The monoisotopic (exact) mass is 672 g/mol. The molecule has 12 heteroatoms. The Balaban J connectivity index is 0.000000154. The molecule has 0 amide bonds. The zero-order valence-electron chi connectivity index (χ0n) is 27.8. The number of hydrogen-bond acceptors (Lipinski definition) is 6. The van der Waals surface area contributed by atoms with Crippen molar-refractivity contribution in [1.29, 1.82) is 0 Å². The maximum atomic E-state index is 13.7. The molecule has 254 valence electrons. The Bertz CT molecular complexity index is 2210. The summed E-state index contributed by atoms with van der Waals surface area (Å²) in [6.07, 6.45) is 10.7. The van der Waals surface area contributed by atoms with Crippen molar-refractivity contribution in [2.45, 2.75) is 76.7 Å². The molecule has 2 saturated carbocycles. The molecule has 8 nitrogen and oxygen atoms in total. The fourth-order valence-corrected chi connectivity index (χ4v) is 5.90. The standard InChI is InChI=1S/C19H19F2N3O.C18H17F2N3O/c1-19(2,25-3)12-6-11(9-22-10-12)18-23-16-7-14(20)15(21)8-17(16)24(18)13-4-5-13;1-18(2,24)11-5-10(8-21-9-11)17-22-15-6-13(19)14(20)7-16(15)23(17)12-3-4-12/h6-10,13H,4-5H2,1-3H3;5-9,12,24H,3-4H2,1-2H3. The summed E-state index contributed by atoms with van der Waals surface area (Å²) in [5.74, 6) is -2.21. The second-order valence-electron chi connectivity index (χ2n) is 13.8. The molecule has 8 rings (SSSR count). The van der Waals surface area contributed by atoms with Crippen LogP contribution in [0.25, 0.3) is 44.8 Å². The van der Waals surface area contributed by atoms with Crippen LogP contribution in [0.4, 0.5) is 17.6 Å². The molecule has 0 saturated heterocycles. The number of pyridine rings is 2. The van der Waals surface area contributed by atoms with Gasteiger partial charge in [-0.25, -0.2) is 27.5 Å². The quantitative estimate of drug-likeness (QED) is 0.171. The van der Waals surface area contributed by atoms with Crippen LogP contribution in [-0.4, -0.2) is 41.3 Å². The largest absolute Gasteiger partial charge is 0.386 e. The summed E-state index contributed by atoms with van der Waals surface area (Å²) in [5.41, 5.74) is 3.67. The lowest BCUT2D eigenvalue weighted by atomic mass is 9.98. The first-order valence-electron chi connectivity index (χ1n) is 16.2. The molecule has 2 fully saturated rings. The van der Waals surface area contributed by atoms with E-state index in [1.54, 1.807) is 45.7 Å². The lowest BCUT2D eigenvalue weighted by molar-refractivity contribution is 0.0190. The first-order chi connectivity index (χ1) is 23.2. The van der Waals surface area contributed by atoms with E-state index in [1.165, 1.54) is 12.1 Å². The molecule has 4 aromatic heterocycles. The van der Waals surface area contributed by atoms with Gasteiger partial charge in [0.1, 0.15) is 11.6 Å². The van der Waals surface area contributed by atoms with Gasteiger partial charge in [-0.05, 0) is 65.5 Å². The number of aliphatic hydroxyl groups is 1. The molecule has 49 heavy (non-hydrogen) atoms. The molecular weight excluding hydrogens is 636 g/mol. The average molecular weight is 673 g/mol. The van der Waals surface area contributed by atoms with E-state index in [4.69, 9.17) is 4.74 Å². The summed E-state index contributed by atoms with van der Waals surface area (Å²) in [4.78, 5) is 17.6. The van der Waals surface area contributed by atoms with Gasteiger partial charge in [-0.1, -0.05) is 0 Å². The van der Waals surface area contributed by atoms with E-state index in [-0.39, 0.29) is 12.1 Å². The molecule has 2 aliphatic rings. The van der Waals surface area contributed by atoms with E-state index < -0.39 is 34.5 Å². The summed E-state index contributed by atoms with van der Waals surface area (Å²) in [7, 11) is 1.65. The van der Waals surface area contributed by atoms with Gasteiger partial charge < -0.3 is 19.0 Å². The molecule has 0 spiro atoms. The molecular formula is C37H36F4N6O2. The van der Waals surface area contributed by atoms with Crippen molar-refractivity contribution in [3.05, 3.63) is 95.6 Å². The van der Waals surface area contributed by atoms with Crippen molar-refractivity contribution in [2.75, 3.05) is 7.11 Å². The molecule has 6 aromatic rings. The van der Waals surface area contributed by atoms with E-state index >= 15 is 0 Å². The minimum Gasteiger partial charge on any atom is -0.386 e. The highest BCUT2D eigenvalue weighted by molar-refractivity contribution is 5.82. The van der Waals surface area contributed by atoms with Crippen molar-refractivity contribution >= 4 is 22.1 Å². The van der Waals surface area contributed by atoms with Crippen LogP contribution in [0.3, 0.4) is 0 Å². The van der Waals surface area contributed by atoms with Gasteiger partial charge in [-0.2, -0.15) is 0 Å². The second kappa shape index (κ2) is 12.0. The highest BCUT2D eigenvalue weighted by atomic mass is 19.2. The Kier molecular flexibility index (Phi) is 8.06. The van der Waals surface area contributed by atoms with Gasteiger partial charge in [-0.3, -0.25) is 9.97 Å². The van der Waals surface area contributed by atoms with Gasteiger partial charge in [0.25, 0.3) is 0 Å². The van der Waals surface area contributed by atoms with Gasteiger partial charge in [0.15, 0.2) is 23.3 Å². The molecule has 0 bridgehead atoms. The van der Waals surface area contributed by atoms with Crippen LogP contribution in [0.2, 0.25) is 0 Å². The third-order valence-corrected chi connectivity index (χ3v) is 9.19. The third-order valence-electron chi connectivity index (χ3n) is 9.19. The smallest absolute Gasteiger partial charge is 0.161 e. The van der Waals surface area contributed by atoms with Crippen LogP contribution in [0, 0.1) is 23.3 Å². The molecule has 2 aliphatic carbocycles. The highest BCUT2D eigenvalue weighted by Crippen LogP contribution is 2.43. The number of aromatic nitrogens is 6. The van der Waals surface area contributed by atoms with Gasteiger partial charge in [0.2, 0.25) is 0 Å². The van der Waals surface area contributed by atoms with Crippen molar-refractivity contribution < 1.29 is 27.4 Å². The minimum atomic E-state index is -1.03. The summed E-state index contributed by atoms with van der Waals surface area (Å²) in [6.45, 7) is 7.29. The van der Waals surface area contributed by atoms with Crippen molar-refractivity contribution in [3.63, 3.8) is 0 Å². The lowest BCUT2D eigenvalue weighted by Gasteiger charge is -2.23. The first kappa shape index (κ1) is 32.8. The number of methoxy groups -OCH3 is 1. The van der Waals surface area contributed by atoms with E-state index in [2.05, 4.69) is 19.9 Å². The number of benzene rings is 2. The number of halogens is 4. The van der Waals surface area contributed by atoms with E-state index in [0.29, 0.717) is 39.3 Å². The molecule has 0 atom stereocenters. The van der Waals surface area contributed by atoms with Crippen LogP contribution >= 0.6 is 0 Å². The zero-order chi connectivity index (χ0) is 34.8. The van der Waals surface area contributed by atoms with Crippen LogP contribution in [0.15, 0.2) is 61.2 Å². The number of imidazole rings is 2. The number of rotatable bonds is 7. The predicted octanol–water partition coefficient (Wildman–Crippen LogP) is 8.53. The van der Waals surface area contributed by atoms with E-state index in [9.17, 15) is 22.7 Å².